The molecule has 0 radical (unpaired) electrons. The molecule has 0 fully saturated rings. The van der Waals surface area contributed by atoms with Gasteiger partial charge in [-0.1, -0.05) is 12.1 Å². The second-order valence-corrected chi connectivity index (χ2v) is 5.38. The van der Waals surface area contributed by atoms with Crippen molar-refractivity contribution in [2.24, 2.45) is 0 Å². The summed E-state index contributed by atoms with van der Waals surface area (Å²) in [5.74, 6) is 1.11. The summed E-state index contributed by atoms with van der Waals surface area (Å²) in [6.07, 6.45) is 1.11. The Morgan fingerprint density at radius 3 is 2.95 bits per heavy atom. The van der Waals surface area contributed by atoms with E-state index in [0.717, 1.165) is 45.1 Å². The predicted octanol–water partition coefficient (Wildman–Crippen LogP) is 2.94. The van der Waals surface area contributed by atoms with Gasteiger partial charge in [-0.2, -0.15) is 0 Å². The zero-order valence-corrected chi connectivity index (χ0v) is 12.8. The lowest BCUT2D eigenvalue weighted by Gasteiger charge is -2.07. The third-order valence-corrected chi connectivity index (χ3v) is 3.70. The summed E-state index contributed by atoms with van der Waals surface area (Å²) >= 11 is 1.90. The molecule has 0 aliphatic heterocycles. The Hall–Kier alpha value is -0.550. The summed E-state index contributed by atoms with van der Waals surface area (Å²) in [7, 11) is 1.72. The standard InChI is InChI=1S/C15H25NO2S/c1-3-18-9-5-11-19-15-7-4-6-14(12-15)13-16-8-10-17-2/h4,6-7,12,16H,3,5,8-11,13H2,1-2H3. The lowest BCUT2D eigenvalue weighted by atomic mass is 10.2. The van der Waals surface area contributed by atoms with Crippen LogP contribution in [-0.4, -0.2) is 39.2 Å². The molecule has 0 saturated heterocycles. The van der Waals surface area contributed by atoms with Crippen LogP contribution in [0.4, 0.5) is 0 Å². The molecule has 0 aliphatic rings. The first-order valence-electron chi connectivity index (χ1n) is 6.86. The molecule has 1 rings (SSSR count). The quantitative estimate of drug-likeness (QED) is 0.500. The van der Waals surface area contributed by atoms with Gasteiger partial charge in [0, 0.05) is 44.1 Å². The fraction of sp³-hybridized carbons (Fsp3) is 0.600. The topological polar surface area (TPSA) is 30.5 Å². The van der Waals surface area contributed by atoms with Crippen molar-refractivity contribution in [1.82, 2.24) is 5.32 Å². The minimum Gasteiger partial charge on any atom is -0.383 e. The van der Waals surface area contributed by atoms with Crippen LogP contribution in [0.2, 0.25) is 0 Å². The lowest BCUT2D eigenvalue weighted by Crippen LogP contribution is -2.18. The Balaban J connectivity index is 2.23. The molecular formula is C15H25NO2S. The molecular weight excluding hydrogens is 258 g/mol. The van der Waals surface area contributed by atoms with Crippen LogP contribution >= 0.6 is 11.8 Å². The molecule has 0 aliphatic carbocycles. The van der Waals surface area contributed by atoms with Crippen molar-refractivity contribution in [3.63, 3.8) is 0 Å². The number of ether oxygens (including phenoxy) is 2. The van der Waals surface area contributed by atoms with Crippen molar-refractivity contribution in [3.05, 3.63) is 29.8 Å². The Kier molecular flexibility index (Phi) is 9.81. The average molecular weight is 283 g/mol. The second kappa shape index (κ2) is 11.3. The summed E-state index contributed by atoms with van der Waals surface area (Å²) in [6, 6.07) is 8.71. The van der Waals surface area contributed by atoms with E-state index in [1.165, 1.54) is 10.5 Å². The largest absolute Gasteiger partial charge is 0.383 e. The van der Waals surface area contributed by atoms with E-state index in [4.69, 9.17) is 9.47 Å². The van der Waals surface area contributed by atoms with Crippen LogP contribution in [0, 0.1) is 0 Å². The summed E-state index contributed by atoms with van der Waals surface area (Å²) in [6.45, 7) is 6.26. The molecule has 0 unspecified atom stereocenters. The number of thioether (sulfide) groups is 1. The number of rotatable bonds is 11. The maximum Gasteiger partial charge on any atom is 0.0587 e. The van der Waals surface area contributed by atoms with Crippen molar-refractivity contribution in [3.8, 4) is 0 Å². The van der Waals surface area contributed by atoms with Gasteiger partial charge in [-0.05, 0) is 31.0 Å². The van der Waals surface area contributed by atoms with Crippen molar-refractivity contribution < 1.29 is 9.47 Å². The van der Waals surface area contributed by atoms with E-state index in [-0.39, 0.29) is 0 Å². The highest BCUT2D eigenvalue weighted by molar-refractivity contribution is 7.99. The number of benzene rings is 1. The minimum atomic E-state index is 0.756. The van der Waals surface area contributed by atoms with Gasteiger partial charge in [0.25, 0.3) is 0 Å². The highest BCUT2D eigenvalue weighted by Crippen LogP contribution is 2.19. The SMILES string of the molecule is CCOCCCSc1cccc(CNCCOC)c1. The molecule has 0 atom stereocenters. The van der Waals surface area contributed by atoms with E-state index in [2.05, 4.69) is 29.6 Å². The Bertz CT molecular complexity index is 334. The lowest BCUT2D eigenvalue weighted by molar-refractivity contribution is 0.149. The molecule has 108 valence electrons. The van der Waals surface area contributed by atoms with Gasteiger partial charge in [0.15, 0.2) is 0 Å². The smallest absolute Gasteiger partial charge is 0.0587 e. The van der Waals surface area contributed by atoms with Gasteiger partial charge in [0.05, 0.1) is 6.61 Å². The second-order valence-electron chi connectivity index (χ2n) is 4.22. The summed E-state index contributed by atoms with van der Waals surface area (Å²) < 4.78 is 10.3. The zero-order chi connectivity index (χ0) is 13.8. The number of hydrogen-bond donors (Lipinski definition) is 1. The van der Waals surface area contributed by atoms with Gasteiger partial charge >= 0.3 is 0 Å². The van der Waals surface area contributed by atoms with Crippen LogP contribution in [0.3, 0.4) is 0 Å². The van der Waals surface area contributed by atoms with E-state index in [0.29, 0.717) is 0 Å². The molecule has 19 heavy (non-hydrogen) atoms. The minimum absolute atomic E-state index is 0.756. The molecule has 1 aromatic rings. The molecule has 0 amide bonds. The summed E-state index contributed by atoms with van der Waals surface area (Å²) in [4.78, 5) is 1.34. The van der Waals surface area contributed by atoms with Crippen molar-refractivity contribution in [2.75, 3.05) is 39.2 Å². The molecule has 0 spiro atoms. The first kappa shape index (κ1) is 16.5. The van der Waals surface area contributed by atoms with Crippen molar-refractivity contribution in [1.29, 1.82) is 0 Å². The Morgan fingerprint density at radius 2 is 2.16 bits per heavy atom. The van der Waals surface area contributed by atoms with Crippen LogP contribution in [0.5, 0.6) is 0 Å². The third-order valence-electron chi connectivity index (χ3n) is 2.62. The van der Waals surface area contributed by atoms with Gasteiger partial charge in [0.2, 0.25) is 0 Å². The van der Waals surface area contributed by atoms with Crippen LogP contribution in [0.1, 0.15) is 18.9 Å². The fourth-order valence-corrected chi connectivity index (χ4v) is 2.55. The van der Waals surface area contributed by atoms with Crippen molar-refractivity contribution in [2.45, 2.75) is 24.8 Å². The van der Waals surface area contributed by atoms with Gasteiger partial charge < -0.3 is 14.8 Å². The predicted molar refractivity (Wildman–Crippen MR) is 81.9 cm³/mol. The van der Waals surface area contributed by atoms with E-state index >= 15 is 0 Å². The maximum atomic E-state index is 5.34. The summed E-state index contributed by atoms with van der Waals surface area (Å²) in [5.41, 5.74) is 1.32. The van der Waals surface area contributed by atoms with E-state index in [1.54, 1.807) is 7.11 Å². The number of methoxy groups -OCH3 is 1. The molecule has 0 heterocycles. The van der Waals surface area contributed by atoms with Gasteiger partial charge in [0.1, 0.15) is 0 Å². The first-order valence-corrected chi connectivity index (χ1v) is 7.84. The highest BCUT2D eigenvalue weighted by atomic mass is 32.2. The van der Waals surface area contributed by atoms with E-state index in [9.17, 15) is 0 Å². The number of nitrogens with one attached hydrogen (secondary N) is 1. The molecule has 1 N–H and O–H groups in total. The molecule has 0 aromatic heterocycles. The van der Waals surface area contributed by atoms with Gasteiger partial charge in [-0.15, -0.1) is 11.8 Å². The average Bonchev–Trinajstić information content (AvgIpc) is 2.44. The maximum absolute atomic E-state index is 5.34. The van der Waals surface area contributed by atoms with E-state index in [1.807, 2.05) is 18.7 Å². The zero-order valence-electron chi connectivity index (χ0n) is 12.0. The van der Waals surface area contributed by atoms with Gasteiger partial charge in [-0.3, -0.25) is 0 Å². The highest BCUT2D eigenvalue weighted by Gasteiger charge is 1.97. The number of hydrogen-bond acceptors (Lipinski definition) is 4. The normalized spacial score (nSPS) is 10.8. The van der Waals surface area contributed by atoms with Crippen LogP contribution in [-0.2, 0) is 16.0 Å². The fourth-order valence-electron chi connectivity index (χ4n) is 1.65. The van der Waals surface area contributed by atoms with E-state index < -0.39 is 0 Å². The Labute approximate surface area is 121 Å². The van der Waals surface area contributed by atoms with Gasteiger partial charge in [-0.25, -0.2) is 0 Å². The van der Waals surface area contributed by atoms with Crippen molar-refractivity contribution >= 4 is 11.8 Å². The third kappa shape index (κ3) is 8.26. The molecule has 4 heteroatoms. The monoisotopic (exact) mass is 283 g/mol. The molecule has 0 saturated carbocycles. The summed E-state index contributed by atoms with van der Waals surface area (Å²) in [5, 5.41) is 3.36. The molecule has 1 aromatic carbocycles. The Morgan fingerprint density at radius 1 is 1.26 bits per heavy atom. The first-order chi connectivity index (χ1) is 9.36. The van der Waals surface area contributed by atoms with Crippen LogP contribution in [0.25, 0.3) is 0 Å². The molecule has 0 bridgehead atoms. The van der Waals surface area contributed by atoms with Crippen LogP contribution in [0.15, 0.2) is 29.2 Å². The molecule has 3 nitrogen and oxygen atoms in total. The van der Waals surface area contributed by atoms with Crippen LogP contribution < -0.4 is 5.32 Å².